The first-order chi connectivity index (χ1) is 5.58. The van der Waals surface area contributed by atoms with E-state index in [1.165, 1.54) is 6.26 Å². The summed E-state index contributed by atoms with van der Waals surface area (Å²) < 4.78 is 15.9. The third-order valence-corrected chi connectivity index (χ3v) is 1.91. The van der Waals surface area contributed by atoms with Crippen molar-refractivity contribution in [2.75, 3.05) is 0 Å². The Labute approximate surface area is 70.7 Å². The molecular weight excluding hydrogens is 160 g/mol. The third-order valence-electron chi connectivity index (χ3n) is 1.91. The fourth-order valence-corrected chi connectivity index (χ4v) is 1.41. The molecule has 1 N–H and O–H groups in total. The number of fused-ring (bicyclic) bond motifs is 1. The van der Waals surface area contributed by atoms with Gasteiger partial charge in [0.1, 0.15) is 6.10 Å². The van der Waals surface area contributed by atoms with Crippen molar-refractivity contribution in [1.29, 1.82) is 0 Å². The standard InChI is InChI=1S/C8H12O4/c1-8(2)11-6-5(9)3-4-10-7(6)12-8/h3-7,9H,1-2H3/t5-,6+,7?/m1/s1. The summed E-state index contributed by atoms with van der Waals surface area (Å²) in [6, 6.07) is 0. The van der Waals surface area contributed by atoms with E-state index >= 15 is 0 Å². The fraction of sp³-hybridized carbons (Fsp3) is 0.750. The summed E-state index contributed by atoms with van der Waals surface area (Å²) in [5.74, 6) is -0.664. The molecule has 2 aliphatic rings. The number of aliphatic hydroxyl groups excluding tert-OH is 1. The zero-order valence-electron chi connectivity index (χ0n) is 7.06. The van der Waals surface area contributed by atoms with Crippen molar-refractivity contribution in [2.24, 2.45) is 0 Å². The second-order valence-electron chi connectivity index (χ2n) is 3.42. The van der Waals surface area contributed by atoms with Crippen LogP contribution in [0, 0.1) is 0 Å². The molecule has 3 atom stereocenters. The van der Waals surface area contributed by atoms with Gasteiger partial charge in [-0.2, -0.15) is 0 Å². The number of aliphatic hydroxyl groups is 1. The van der Waals surface area contributed by atoms with Crippen LogP contribution in [0.15, 0.2) is 12.3 Å². The molecule has 0 bridgehead atoms. The molecule has 1 saturated heterocycles. The average Bonchev–Trinajstić information content (AvgIpc) is 2.25. The van der Waals surface area contributed by atoms with Gasteiger partial charge in [-0.15, -0.1) is 0 Å². The summed E-state index contributed by atoms with van der Waals surface area (Å²) in [5.41, 5.74) is 0. The van der Waals surface area contributed by atoms with Gasteiger partial charge < -0.3 is 19.3 Å². The second-order valence-corrected chi connectivity index (χ2v) is 3.42. The topological polar surface area (TPSA) is 47.9 Å². The summed E-state index contributed by atoms with van der Waals surface area (Å²) in [6.45, 7) is 3.59. The molecular formula is C8H12O4. The molecule has 1 fully saturated rings. The second kappa shape index (κ2) is 2.45. The number of hydrogen-bond donors (Lipinski definition) is 1. The van der Waals surface area contributed by atoms with Crippen LogP contribution in [0.4, 0.5) is 0 Å². The molecule has 2 heterocycles. The SMILES string of the molecule is CC1(C)OC2OC=C[C@@H](O)[C@@H]2O1. The van der Waals surface area contributed by atoms with E-state index in [2.05, 4.69) is 0 Å². The summed E-state index contributed by atoms with van der Waals surface area (Å²) in [7, 11) is 0. The van der Waals surface area contributed by atoms with E-state index < -0.39 is 24.3 Å². The van der Waals surface area contributed by atoms with E-state index in [1.807, 2.05) is 0 Å². The van der Waals surface area contributed by atoms with Crippen molar-refractivity contribution < 1.29 is 19.3 Å². The van der Waals surface area contributed by atoms with Gasteiger partial charge in [0.05, 0.1) is 6.26 Å². The van der Waals surface area contributed by atoms with Crippen LogP contribution in [0.2, 0.25) is 0 Å². The highest BCUT2D eigenvalue weighted by Gasteiger charge is 2.46. The molecule has 0 saturated carbocycles. The lowest BCUT2D eigenvalue weighted by atomic mass is 10.2. The summed E-state index contributed by atoms with van der Waals surface area (Å²) in [5, 5.41) is 9.44. The molecule has 0 aromatic heterocycles. The van der Waals surface area contributed by atoms with E-state index in [0.717, 1.165) is 0 Å². The van der Waals surface area contributed by atoms with Crippen LogP contribution in [0.5, 0.6) is 0 Å². The van der Waals surface area contributed by atoms with E-state index in [-0.39, 0.29) is 0 Å². The minimum Gasteiger partial charge on any atom is -0.470 e. The quantitative estimate of drug-likeness (QED) is 0.573. The van der Waals surface area contributed by atoms with E-state index in [1.54, 1.807) is 19.9 Å². The maximum atomic E-state index is 9.44. The Hall–Kier alpha value is -0.580. The minimum absolute atomic E-state index is 0.398. The normalized spacial score (nSPS) is 43.8. The smallest absolute Gasteiger partial charge is 0.230 e. The first kappa shape index (κ1) is 8.04. The Morgan fingerprint density at radius 3 is 2.75 bits per heavy atom. The Morgan fingerprint density at radius 1 is 1.33 bits per heavy atom. The Morgan fingerprint density at radius 2 is 2.08 bits per heavy atom. The van der Waals surface area contributed by atoms with E-state index in [9.17, 15) is 5.11 Å². The monoisotopic (exact) mass is 172 g/mol. The highest BCUT2D eigenvalue weighted by atomic mass is 16.8. The van der Waals surface area contributed by atoms with Crippen LogP contribution in [-0.2, 0) is 14.2 Å². The maximum Gasteiger partial charge on any atom is 0.230 e. The fourth-order valence-electron chi connectivity index (χ4n) is 1.41. The predicted molar refractivity (Wildman–Crippen MR) is 40.1 cm³/mol. The lowest BCUT2D eigenvalue weighted by Crippen LogP contribution is -2.37. The molecule has 0 radical (unpaired) electrons. The maximum absolute atomic E-state index is 9.44. The molecule has 0 spiro atoms. The highest BCUT2D eigenvalue weighted by Crippen LogP contribution is 2.32. The molecule has 0 amide bonds. The van der Waals surface area contributed by atoms with E-state index in [4.69, 9.17) is 14.2 Å². The van der Waals surface area contributed by atoms with Crippen molar-refractivity contribution in [3.8, 4) is 0 Å². The average molecular weight is 172 g/mol. The predicted octanol–water partition coefficient (Wildman–Crippen LogP) is 0.369. The largest absolute Gasteiger partial charge is 0.470 e. The first-order valence-electron chi connectivity index (χ1n) is 3.94. The van der Waals surface area contributed by atoms with Crippen molar-refractivity contribution in [2.45, 2.75) is 38.1 Å². The molecule has 4 heteroatoms. The van der Waals surface area contributed by atoms with Gasteiger partial charge in [0, 0.05) is 0 Å². The van der Waals surface area contributed by atoms with Crippen LogP contribution < -0.4 is 0 Å². The van der Waals surface area contributed by atoms with Gasteiger partial charge in [-0.1, -0.05) is 0 Å². The Balaban J connectivity index is 2.15. The van der Waals surface area contributed by atoms with E-state index in [0.29, 0.717) is 0 Å². The lowest BCUT2D eigenvalue weighted by Gasteiger charge is -2.22. The molecule has 12 heavy (non-hydrogen) atoms. The van der Waals surface area contributed by atoms with Crippen LogP contribution in [-0.4, -0.2) is 29.4 Å². The Bertz CT molecular complexity index is 211. The minimum atomic E-state index is -0.664. The molecule has 68 valence electrons. The lowest BCUT2D eigenvalue weighted by molar-refractivity contribution is -0.176. The molecule has 0 aromatic carbocycles. The zero-order valence-corrected chi connectivity index (χ0v) is 7.06. The van der Waals surface area contributed by atoms with Gasteiger partial charge in [-0.25, -0.2) is 0 Å². The van der Waals surface area contributed by atoms with Gasteiger partial charge >= 0.3 is 0 Å². The van der Waals surface area contributed by atoms with Crippen LogP contribution in [0.3, 0.4) is 0 Å². The summed E-state index contributed by atoms with van der Waals surface area (Å²) in [6.07, 6.45) is 1.48. The van der Waals surface area contributed by atoms with Crippen molar-refractivity contribution in [3.63, 3.8) is 0 Å². The molecule has 1 unspecified atom stereocenters. The number of ether oxygens (including phenoxy) is 3. The van der Waals surface area contributed by atoms with Gasteiger partial charge in [0.2, 0.25) is 6.29 Å². The van der Waals surface area contributed by atoms with Crippen molar-refractivity contribution >= 4 is 0 Å². The summed E-state index contributed by atoms with van der Waals surface area (Å²) >= 11 is 0. The molecule has 0 aliphatic carbocycles. The van der Waals surface area contributed by atoms with Crippen molar-refractivity contribution in [3.05, 3.63) is 12.3 Å². The Kier molecular flexibility index (Phi) is 1.64. The number of rotatable bonds is 0. The van der Waals surface area contributed by atoms with Crippen LogP contribution >= 0.6 is 0 Å². The molecule has 2 rings (SSSR count). The van der Waals surface area contributed by atoms with Crippen LogP contribution in [0.25, 0.3) is 0 Å². The molecule has 0 aromatic rings. The van der Waals surface area contributed by atoms with Gasteiger partial charge in [-0.3, -0.25) is 0 Å². The summed E-state index contributed by atoms with van der Waals surface area (Å²) in [4.78, 5) is 0. The third kappa shape index (κ3) is 1.22. The van der Waals surface area contributed by atoms with Gasteiger partial charge in [0.25, 0.3) is 0 Å². The van der Waals surface area contributed by atoms with Crippen molar-refractivity contribution in [1.82, 2.24) is 0 Å². The zero-order chi connectivity index (χ0) is 8.77. The molecule has 4 nitrogen and oxygen atoms in total. The highest BCUT2D eigenvalue weighted by molar-refractivity contribution is 4.98. The van der Waals surface area contributed by atoms with Crippen LogP contribution in [0.1, 0.15) is 13.8 Å². The number of hydrogen-bond acceptors (Lipinski definition) is 4. The molecule has 2 aliphatic heterocycles. The van der Waals surface area contributed by atoms with Gasteiger partial charge in [0.15, 0.2) is 11.9 Å². The van der Waals surface area contributed by atoms with Gasteiger partial charge in [-0.05, 0) is 19.9 Å². The first-order valence-corrected chi connectivity index (χ1v) is 3.94.